The van der Waals surface area contributed by atoms with Crippen LogP contribution in [0.5, 0.6) is 11.5 Å². The van der Waals surface area contributed by atoms with Gasteiger partial charge in [-0.05, 0) is 35.9 Å². The zero-order valence-corrected chi connectivity index (χ0v) is 16.6. The Bertz CT molecular complexity index is 894. The largest absolute Gasteiger partial charge is 0.486 e. The van der Waals surface area contributed by atoms with Crippen LogP contribution in [-0.2, 0) is 4.79 Å². The molecule has 0 saturated carbocycles. The Hall–Kier alpha value is -2.44. The van der Waals surface area contributed by atoms with Crippen LogP contribution >= 0.6 is 23.2 Å². The molecule has 2 aliphatic heterocycles. The van der Waals surface area contributed by atoms with E-state index in [0.29, 0.717) is 47.8 Å². The maximum Gasteiger partial charge on any atom is 0.246 e. The van der Waals surface area contributed by atoms with Gasteiger partial charge in [0.25, 0.3) is 0 Å². The van der Waals surface area contributed by atoms with E-state index in [1.54, 1.807) is 24.4 Å². The van der Waals surface area contributed by atoms with Crippen LogP contribution < -0.4 is 14.4 Å². The third-order valence-corrected chi connectivity index (χ3v) is 5.17. The van der Waals surface area contributed by atoms with Gasteiger partial charge in [-0.2, -0.15) is 0 Å². The number of rotatable bonds is 3. The molecule has 1 amide bonds. The van der Waals surface area contributed by atoms with Gasteiger partial charge in [0, 0.05) is 38.5 Å². The summed E-state index contributed by atoms with van der Waals surface area (Å²) in [5, 5.41) is 1.09. The van der Waals surface area contributed by atoms with E-state index in [1.165, 1.54) is 0 Å². The molecular formula is C20H19Cl2N3O3. The Morgan fingerprint density at radius 2 is 1.86 bits per heavy atom. The molecule has 4 rings (SSSR count). The summed E-state index contributed by atoms with van der Waals surface area (Å²) in [7, 11) is 0. The number of aromatic nitrogens is 1. The van der Waals surface area contributed by atoms with Crippen molar-refractivity contribution in [3.8, 4) is 11.5 Å². The predicted molar refractivity (Wildman–Crippen MR) is 110 cm³/mol. The Kier molecular flexibility index (Phi) is 5.59. The highest BCUT2D eigenvalue weighted by Gasteiger charge is 2.21. The van der Waals surface area contributed by atoms with Crippen molar-refractivity contribution in [2.75, 3.05) is 44.3 Å². The lowest BCUT2D eigenvalue weighted by atomic mass is 10.1. The number of ether oxygens (including phenoxy) is 2. The highest BCUT2D eigenvalue weighted by Crippen LogP contribution is 2.38. The summed E-state index contributed by atoms with van der Waals surface area (Å²) in [4.78, 5) is 20.8. The van der Waals surface area contributed by atoms with Crippen LogP contribution in [0.4, 0.5) is 5.82 Å². The fourth-order valence-electron chi connectivity index (χ4n) is 3.21. The van der Waals surface area contributed by atoms with Crippen molar-refractivity contribution < 1.29 is 14.3 Å². The summed E-state index contributed by atoms with van der Waals surface area (Å²) in [6.45, 7) is 3.69. The Morgan fingerprint density at radius 1 is 1.07 bits per heavy atom. The van der Waals surface area contributed by atoms with Crippen LogP contribution in [0.2, 0.25) is 10.0 Å². The molecule has 0 atom stereocenters. The standard InChI is InChI=1S/C20H19Cl2N3O3/c21-15-2-3-18(23-13-15)24-5-7-25(8-6-24)19(26)4-1-14-11-16(22)20-17(12-14)27-9-10-28-20/h1-4,11-13H,5-10H2/b4-1+. The number of amides is 1. The third-order valence-electron chi connectivity index (χ3n) is 4.66. The SMILES string of the molecule is O=C(/C=C/c1cc(Cl)c2c(c1)OCCO2)N1CCN(c2ccc(Cl)cn2)CC1. The second-order valence-corrected chi connectivity index (χ2v) is 7.35. The van der Waals surface area contributed by atoms with E-state index in [-0.39, 0.29) is 5.91 Å². The van der Waals surface area contributed by atoms with Crippen molar-refractivity contribution >= 4 is 41.0 Å². The molecule has 1 aromatic carbocycles. The van der Waals surface area contributed by atoms with E-state index < -0.39 is 0 Å². The molecule has 0 aliphatic carbocycles. The number of halogens is 2. The highest BCUT2D eigenvalue weighted by molar-refractivity contribution is 6.32. The minimum absolute atomic E-state index is 0.0327. The number of anilines is 1. The molecule has 2 aromatic rings. The van der Waals surface area contributed by atoms with Gasteiger partial charge in [-0.3, -0.25) is 4.79 Å². The van der Waals surface area contributed by atoms with Gasteiger partial charge in [-0.15, -0.1) is 0 Å². The van der Waals surface area contributed by atoms with Crippen molar-refractivity contribution in [3.63, 3.8) is 0 Å². The summed E-state index contributed by atoms with van der Waals surface area (Å²) in [5.74, 6) is 2.01. The van der Waals surface area contributed by atoms with Crippen molar-refractivity contribution in [2.45, 2.75) is 0 Å². The zero-order chi connectivity index (χ0) is 19.5. The van der Waals surface area contributed by atoms with E-state index in [4.69, 9.17) is 32.7 Å². The van der Waals surface area contributed by atoms with Crippen molar-refractivity contribution in [1.29, 1.82) is 0 Å². The maximum atomic E-state index is 12.5. The third kappa shape index (κ3) is 4.18. The topological polar surface area (TPSA) is 54.9 Å². The molecular weight excluding hydrogens is 401 g/mol. The van der Waals surface area contributed by atoms with Gasteiger partial charge in [-0.1, -0.05) is 23.2 Å². The number of nitrogens with zero attached hydrogens (tertiary/aromatic N) is 3. The molecule has 0 radical (unpaired) electrons. The molecule has 28 heavy (non-hydrogen) atoms. The number of hydrogen-bond donors (Lipinski definition) is 0. The summed E-state index contributed by atoms with van der Waals surface area (Å²) in [6.07, 6.45) is 4.95. The highest BCUT2D eigenvalue weighted by atomic mass is 35.5. The number of fused-ring (bicyclic) bond motifs is 1. The molecule has 3 heterocycles. The Balaban J connectivity index is 1.37. The zero-order valence-electron chi connectivity index (χ0n) is 15.1. The fourth-order valence-corrected chi connectivity index (χ4v) is 3.60. The molecule has 0 unspecified atom stereocenters. The van der Waals surface area contributed by atoms with Gasteiger partial charge in [0.15, 0.2) is 11.5 Å². The minimum atomic E-state index is -0.0327. The molecule has 8 heteroatoms. The number of carbonyl (C=O) groups excluding carboxylic acids is 1. The Morgan fingerprint density at radius 3 is 2.61 bits per heavy atom. The number of hydrogen-bond acceptors (Lipinski definition) is 5. The first-order valence-electron chi connectivity index (χ1n) is 9.03. The first-order chi connectivity index (χ1) is 13.6. The normalized spacial score (nSPS) is 16.5. The molecule has 1 aromatic heterocycles. The van der Waals surface area contributed by atoms with E-state index >= 15 is 0 Å². The lowest BCUT2D eigenvalue weighted by Crippen LogP contribution is -2.48. The molecule has 6 nitrogen and oxygen atoms in total. The predicted octanol–water partition coefficient (Wildman–Crippen LogP) is 3.52. The number of piperazine rings is 1. The second-order valence-electron chi connectivity index (χ2n) is 6.51. The molecule has 0 spiro atoms. The van der Waals surface area contributed by atoms with Gasteiger partial charge in [0.05, 0.1) is 10.0 Å². The fraction of sp³-hybridized carbons (Fsp3) is 0.300. The molecule has 1 saturated heterocycles. The van der Waals surface area contributed by atoms with Crippen LogP contribution in [0.3, 0.4) is 0 Å². The molecule has 0 bridgehead atoms. The number of carbonyl (C=O) groups is 1. The van der Waals surface area contributed by atoms with Crippen molar-refractivity contribution in [1.82, 2.24) is 9.88 Å². The summed E-state index contributed by atoms with van der Waals surface area (Å²) >= 11 is 12.1. The van der Waals surface area contributed by atoms with Crippen LogP contribution in [0.1, 0.15) is 5.56 Å². The van der Waals surface area contributed by atoms with Gasteiger partial charge in [0.1, 0.15) is 19.0 Å². The lowest BCUT2D eigenvalue weighted by Gasteiger charge is -2.34. The molecule has 2 aliphatic rings. The second kappa shape index (κ2) is 8.29. The number of benzene rings is 1. The van der Waals surface area contributed by atoms with Crippen LogP contribution in [0.25, 0.3) is 6.08 Å². The van der Waals surface area contributed by atoms with E-state index in [2.05, 4.69) is 9.88 Å². The van der Waals surface area contributed by atoms with Gasteiger partial charge in [0.2, 0.25) is 5.91 Å². The van der Waals surface area contributed by atoms with Crippen LogP contribution in [-0.4, -0.2) is 55.2 Å². The summed E-state index contributed by atoms with van der Waals surface area (Å²) in [6, 6.07) is 7.31. The average Bonchev–Trinajstić information content (AvgIpc) is 2.73. The minimum Gasteiger partial charge on any atom is -0.486 e. The molecule has 0 N–H and O–H groups in total. The maximum absolute atomic E-state index is 12.5. The Labute approximate surface area is 173 Å². The van der Waals surface area contributed by atoms with Gasteiger partial charge < -0.3 is 19.3 Å². The number of pyridine rings is 1. The summed E-state index contributed by atoms with van der Waals surface area (Å²) < 4.78 is 11.1. The van der Waals surface area contributed by atoms with E-state index in [9.17, 15) is 4.79 Å². The molecule has 146 valence electrons. The monoisotopic (exact) mass is 419 g/mol. The summed E-state index contributed by atoms with van der Waals surface area (Å²) in [5.41, 5.74) is 0.798. The van der Waals surface area contributed by atoms with E-state index in [1.807, 2.05) is 23.1 Å². The van der Waals surface area contributed by atoms with Crippen LogP contribution in [0.15, 0.2) is 36.5 Å². The molecule has 1 fully saturated rings. The van der Waals surface area contributed by atoms with Gasteiger partial charge in [-0.25, -0.2) is 4.98 Å². The van der Waals surface area contributed by atoms with Gasteiger partial charge >= 0.3 is 0 Å². The van der Waals surface area contributed by atoms with Crippen molar-refractivity contribution in [3.05, 3.63) is 52.1 Å². The lowest BCUT2D eigenvalue weighted by molar-refractivity contribution is -0.126. The first kappa shape index (κ1) is 18.9. The van der Waals surface area contributed by atoms with Crippen LogP contribution in [0, 0.1) is 0 Å². The first-order valence-corrected chi connectivity index (χ1v) is 9.78. The van der Waals surface area contributed by atoms with E-state index in [0.717, 1.165) is 24.5 Å². The quantitative estimate of drug-likeness (QED) is 0.712. The van der Waals surface area contributed by atoms with Crippen molar-refractivity contribution in [2.24, 2.45) is 0 Å². The average molecular weight is 420 g/mol. The smallest absolute Gasteiger partial charge is 0.246 e.